The maximum absolute atomic E-state index is 10.7. The first kappa shape index (κ1) is 15.3. The van der Waals surface area contributed by atoms with Gasteiger partial charge in [0.05, 0.1) is 38.2 Å². The zero-order valence-corrected chi connectivity index (χ0v) is 12.4. The van der Waals surface area contributed by atoms with E-state index in [9.17, 15) is 4.79 Å². The molecule has 0 bridgehead atoms. The topological polar surface area (TPSA) is 86.5 Å². The Hall–Kier alpha value is -1.12. The van der Waals surface area contributed by atoms with Gasteiger partial charge in [-0.1, -0.05) is 25.6 Å². The van der Waals surface area contributed by atoms with Crippen LogP contribution >= 0.6 is 11.8 Å². The molecule has 1 unspecified atom stereocenters. The number of hydrogen-bond donors (Lipinski definition) is 1. The Balaban J connectivity index is 2.12. The lowest BCUT2D eigenvalue weighted by molar-refractivity contribution is -0.133. The quantitative estimate of drug-likeness (QED) is 0.784. The Morgan fingerprint density at radius 3 is 2.90 bits per heavy atom. The first-order valence-corrected chi connectivity index (χ1v) is 7.53. The van der Waals surface area contributed by atoms with E-state index >= 15 is 0 Å². The summed E-state index contributed by atoms with van der Waals surface area (Å²) >= 11 is 1.18. The maximum Gasteiger partial charge on any atom is 0.313 e. The van der Waals surface area contributed by atoms with Gasteiger partial charge in [0.1, 0.15) is 5.82 Å². The summed E-state index contributed by atoms with van der Waals surface area (Å²) in [5.74, 6) is 0.157. The van der Waals surface area contributed by atoms with Crippen molar-refractivity contribution in [1.82, 2.24) is 14.8 Å². The second kappa shape index (κ2) is 7.05. The molecule has 1 aromatic heterocycles. The molecule has 2 heterocycles. The number of aliphatic carboxylic acids is 1. The maximum atomic E-state index is 10.7. The second-order valence-electron chi connectivity index (χ2n) is 4.86. The van der Waals surface area contributed by atoms with E-state index in [1.54, 1.807) is 0 Å². The molecule has 1 saturated heterocycles. The minimum atomic E-state index is -0.868. The molecule has 0 aromatic carbocycles. The van der Waals surface area contributed by atoms with Gasteiger partial charge in [-0.2, -0.15) is 0 Å². The van der Waals surface area contributed by atoms with Crippen molar-refractivity contribution in [3.63, 3.8) is 0 Å². The number of hydrogen-bond acceptors (Lipinski definition) is 6. The van der Waals surface area contributed by atoms with Crippen molar-refractivity contribution in [1.29, 1.82) is 0 Å². The first-order chi connectivity index (χ1) is 9.58. The SMILES string of the molecule is CC(C)c1nnc(SCC(=O)O)n1CC1COCCO1. The molecule has 0 saturated carbocycles. The van der Waals surface area contributed by atoms with Gasteiger partial charge >= 0.3 is 5.97 Å². The third-order valence-corrected chi connectivity index (χ3v) is 3.81. The Kier molecular flexibility index (Phi) is 5.38. The molecule has 20 heavy (non-hydrogen) atoms. The molecule has 2 rings (SSSR count). The summed E-state index contributed by atoms with van der Waals surface area (Å²) in [7, 11) is 0. The first-order valence-electron chi connectivity index (χ1n) is 6.55. The minimum absolute atomic E-state index is 0.0295. The Labute approximate surface area is 121 Å². The van der Waals surface area contributed by atoms with Gasteiger partial charge in [-0.25, -0.2) is 0 Å². The van der Waals surface area contributed by atoms with Crippen molar-refractivity contribution < 1.29 is 19.4 Å². The molecule has 1 aliphatic rings. The smallest absolute Gasteiger partial charge is 0.313 e. The lowest BCUT2D eigenvalue weighted by Crippen LogP contribution is -2.33. The fraction of sp³-hybridized carbons (Fsp3) is 0.750. The molecule has 1 atom stereocenters. The number of rotatable bonds is 6. The molecule has 0 amide bonds. The number of aromatic nitrogens is 3. The van der Waals surface area contributed by atoms with Gasteiger partial charge in [0.25, 0.3) is 0 Å². The van der Waals surface area contributed by atoms with Gasteiger partial charge in [-0.05, 0) is 0 Å². The summed E-state index contributed by atoms with van der Waals surface area (Å²) in [5, 5.41) is 17.6. The molecule has 1 aliphatic heterocycles. The highest BCUT2D eigenvalue weighted by Crippen LogP contribution is 2.22. The van der Waals surface area contributed by atoms with Gasteiger partial charge in [-0.3, -0.25) is 4.79 Å². The summed E-state index contributed by atoms with van der Waals surface area (Å²) in [5.41, 5.74) is 0. The van der Waals surface area contributed by atoms with E-state index in [2.05, 4.69) is 10.2 Å². The lowest BCUT2D eigenvalue weighted by atomic mass is 10.2. The van der Waals surface area contributed by atoms with E-state index < -0.39 is 5.97 Å². The number of carboxylic acid groups (broad SMARTS) is 1. The molecular weight excluding hydrogens is 282 g/mol. The molecule has 0 aliphatic carbocycles. The highest BCUT2D eigenvalue weighted by molar-refractivity contribution is 7.99. The van der Waals surface area contributed by atoms with Gasteiger partial charge in [0.15, 0.2) is 5.16 Å². The molecule has 0 spiro atoms. The molecule has 1 aromatic rings. The average molecular weight is 301 g/mol. The summed E-state index contributed by atoms with van der Waals surface area (Å²) in [4.78, 5) is 10.7. The third kappa shape index (κ3) is 3.94. The fourth-order valence-electron chi connectivity index (χ4n) is 1.98. The lowest BCUT2D eigenvalue weighted by Gasteiger charge is -2.24. The van der Waals surface area contributed by atoms with Crippen LogP contribution in [-0.4, -0.2) is 57.5 Å². The normalized spacial score (nSPS) is 19.4. The standard InChI is InChI=1S/C12H19N3O4S/c1-8(2)11-13-14-12(20-7-10(16)17)15(11)5-9-6-18-3-4-19-9/h8-9H,3-7H2,1-2H3,(H,16,17). The van der Waals surface area contributed by atoms with E-state index in [1.165, 1.54) is 11.8 Å². The highest BCUT2D eigenvalue weighted by atomic mass is 32.2. The van der Waals surface area contributed by atoms with E-state index in [4.69, 9.17) is 14.6 Å². The van der Waals surface area contributed by atoms with Crippen LogP contribution in [0.2, 0.25) is 0 Å². The van der Waals surface area contributed by atoms with Crippen LogP contribution < -0.4 is 0 Å². The Bertz CT molecular complexity index is 458. The van der Waals surface area contributed by atoms with Gasteiger partial charge in [0.2, 0.25) is 0 Å². The summed E-state index contributed by atoms with van der Waals surface area (Å²) < 4.78 is 13.0. The summed E-state index contributed by atoms with van der Waals surface area (Å²) in [6, 6.07) is 0. The fourth-order valence-corrected chi connectivity index (χ4v) is 2.65. The van der Waals surface area contributed by atoms with Crippen molar-refractivity contribution in [2.24, 2.45) is 0 Å². The van der Waals surface area contributed by atoms with Crippen LogP contribution in [0.1, 0.15) is 25.6 Å². The number of carboxylic acids is 1. The zero-order chi connectivity index (χ0) is 14.5. The Morgan fingerprint density at radius 1 is 1.50 bits per heavy atom. The molecular formula is C12H19N3O4S. The van der Waals surface area contributed by atoms with Gasteiger partial charge in [-0.15, -0.1) is 10.2 Å². The number of ether oxygens (including phenoxy) is 2. The molecule has 1 N–H and O–H groups in total. The predicted molar refractivity (Wildman–Crippen MR) is 73.0 cm³/mol. The van der Waals surface area contributed by atoms with Crippen molar-refractivity contribution in [2.75, 3.05) is 25.6 Å². The van der Waals surface area contributed by atoms with Crippen LogP contribution in [0.4, 0.5) is 0 Å². The average Bonchev–Trinajstić information content (AvgIpc) is 2.80. The van der Waals surface area contributed by atoms with Crippen LogP contribution in [-0.2, 0) is 20.8 Å². The molecule has 1 fully saturated rings. The van der Waals surface area contributed by atoms with E-state index in [0.29, 0.717) is 31.5 Å². The van der Waals surface area contributed by atoms with Crippen molar-refractivity contribution >= 4 is 17.7 Å². The van der Waals surface area contributed by atoms with Crippen LogP contribution in [0.5, 0.6) is 0 Å². The molecule has 0 radical (unpaired) electrons. The third-order valence-electron chi connectivity index (χ3n) is 2.86. The van der Waals surface area contributed by atoms with Crippen molar-refractivity contribution in [3.8, 4) is 0 Å². The van der Waals surface area contributed by atoms with Crippen LogP contribution in [0.15, 0.2) is 5.16 Å². The number of nitrogens with zero attached hydrogens (tertiary/aromatic N) is 3. The van der Waals surface area contributed by atoms with Crippen LogP contribution in [0, 0.1) is 0 Å². The summed E-state index contributed by atoms with van der Waals surface area (Å²) in [6.45, 7) is 6.40. The summed E-state index contributed by atoms with van der Waals surface area (Å²) in [6.07, 6.45) is -0.0403. The number of thioether (sulfide) groups is 1. The van der Waals surface area contributed by atoms with Gasteiger partial charge in [0, 0.05) is 5.92 Å². The molecule has 112 valence electrons. The van der Waals surface area contributed by atoms with Crippen molar-refractivity contribution in [2.45, 2.75) is 37.6 Å². The Morgan fingerprint density at radius 2 is 2.30 bits per heavy atom. The molecule has 8 heteroatoms. The van der Waals surface area contributed by atoms with E-state index in [0.717, 1.165) is 5.82 Å². The van der Waals surface area contributed by atoms with E-state index in [1.807, 2.05) is 18.4 Å². The highest BCUT2D eigenvalue weighted by Gasteiger charge is 2.22. The number of carbonyl (C=O) groups is 1. The molecule has 7 nitrogen and oxygen atoms in total. The van der Waals surface area contributed by atoms with Crippen LogP contribution in [0.25, 0.3) is 0 Å². The van der Waals surface area contributed by atoms with Crippen molar-refractivity contribution in [3.05, 3.63) is 5.82 Å². The zero-order valence-electron chi connectivity index (χ0n) is 11.6. The van der Waals surface area contributed by atoms with Gasteiger partial charge < -0.3 is 19.1 Å². The van der Waals surface area contributed by atoms with E-state index in [-0.39, 0.29) is 17.8 Å². The predicted octanol–water partition coefficient (Wildman–Crippen LogP) is 0.994. The minimum Gasteiger partial charge on any atom is -0.481 e. The van der Waals surface area contributed by atoms with Crippen LogP contribution in [0.3, 0.4) is 0 Å². The monoisotopic (exact) mass is 301 g/mol. The second-order valence-corrected chi connectivity index (χ2v) is 5.80. The largest absolute Gasteiger partial charge is 0.481 e.